The minimum absolute atomic E-state index is 0.193. The van der Waals surface area contributed by atoms with Crippen molar-refractivity contribution >= 4 is 0 Å². The van der Waals surface area contributed by atoms with E-state index in [2.05, 4.69) is 13.5 Å². The summed E-state index contributed by atoms with van der Waals surface area (Å²) >= 11 is 0. The molecule has 0 aliphatic heterocycles. The van der Waals surface area contributed by atoms with E-state index in [1.165, 1.54) is 0 Å². The highest BCUT2D eigenvalue weighted by Gasteiger charge is 2.11. The van der Waals surface area contributed by atoms with E-state index in [1.807, 2.05) is 13.8 Å². The van der Waals surface area contributed by atoms with Crippen LogP contribution in [0.5, 0.6) is 0 Å². The molecule has 0 saturated heterocycles. The van der Waals surface area contributed by atoms with Gasteiger partial charge >= 0.3 is 0 Å². The van der Waals surface area contributed by atoms with E-state index in [9.17, 15) is 5.11 Å². The van der Waals surface area contributed by atoms with E-state index in [1.54, 1.807) is 0 Å². The van der Waals surface area contributed by atoms with Crippen molar-refractivity contribution in [3.05, 3.63) is 12.2 Å². The first-order valence-corrected chi connectivity index (χ1v) is 3.90. The van der Waals surface area contributed by atoms with Gasteiger partial charge in [-0.05, 0) is 26.2 Å². The number of aliphatic hydroxyl groups is 1. The Morgan fingerprint density at radius 1 is 1.60 bits per heavy atom. The Bertz CT molecular complexity index is 105. The van der Waals surface area contributed by atoms with Crippen molar-refractivity contribution in [1.29, 1.82) is 0 Å². The summed E-state index contributed by atoms with van der Waals surface area (Å²) in [6.45, 7) is 9.76. The van der Waals surface area contributed by atoms with Crippen LogP contribution in [0.2, 0.25) is 0 Å². The molecule has 0 heterocycles. The Kier molecular flexibility index (Phi) is 4.37. The summed E-state index contributed by atoms with van der Waals surface area (Å²) in [6.07, 6.45) is 1.79. The first-order valence-electron chi connectivity index (χ1n) is 3.90. The molecule has 0 radical (unpaired) electrons. The van der Waals surface area contributed by atoms with Crippen LogP contribution >= 0.6 is 0 Å². The van der Waals surface area contributed by atoms with Crippen LogP contribution in [0.3, 0.4) is 0 Å². The van der Waals surface area contributed by atoms with Gasteiger partial charge in [-0.3, -0.25) is 0 Å². The van der Waals surface area contributed by atoms with Gasteiger partial charge in [0, 0.05) is 0 Å². The lowest BCUT2D eigenvalue weighted by Crippen LogP contribution is -2.15. The van der Waals surface area contributed by atoms with Gasteiger partial charge in [-0.15, -0.1) is 6.58 Å². The summed E-state index contributed by atoms with van der Waals surface area (Å²) in [7, 11) is 0. The van der Waals surface area contributed by atoms with Crippen LogP contribution in [0.15, 0.2) is 12.2 Å². The molecular formula is C9H18O. The Hall–Kier alpha value is -0.300. The van der Waals surface area contributed by atoms with E-state index in [0.29, 0.717) is 5.92 Å². The molecule has 60 valence electrons. The molecule has 1 heteroatoms. The summed E-state index contributed by atoms with van der Waals surface area (Å²) in [6, 6.07) is 0. The van der Waals surface area contributed by atoms with Crippen molar-refractivity contribution < 1.29 is 5.11 Å². The lowest BCUT2D eigenvalue weighted by atomic mass is 9.94. The fourth-order valence-corrected chi connectivity index (χ4v) is 1.10. The maximum absolute atomic E-state index is 9.22. The molecule has 0 bridgehead atoms. The fourth-order valence-electron chi connectivity index (χ4n) is 1.10. The van der Waals surface area contributed by atoms with E-state index >= 15 is 0 Å². The first-order chi connectivity index (χ1) is 4.57. The molecule has 0 rings (SSSR count). The average molecular weight is 142 g/mol. The van der Waals surface area contributed by atoms with E-state index in [4.69, 9.17) is 0 Å². The topological polar surface area (TPSA) is 20.2 Å². The van der Waals surface area contributed by atoms with Crippen LogP contribution in [0.1, 0.15) is 33.6 Å². The molecule has 0 aromatic heterocycles. The van der Waals surface area contributed by atoms with E-state index in [-0.39, 0.29) is 6.10 Å². The zero-order chi connectivity index (χ0) is 8.15. The predicted molar refractivity (Wildman–Crippen MR) is 44.9 cm³/mol. The van der Waals surface area contributed by atoms with Gasteiger partial charge in [-0.25, -0.2) is 0 Å². The molecule has 1 nitrogen and oxygen atoms in total. The zero-order valence-corrected chi connectivity index (χ0v) is 7.22. The van der Waals surface area contributed by atoms with Crippen LogP contribution in [-0.2, 0) is 0 Å². The molecule has 2 unspecified atom stereocenters. The summed E-state index contributed by atoms with van der Waals surface area (Å²) in [5.41, 5.74) is 1.16. The standard InChI is InChI=1S/C9H18O/c1-5-9(8(4)10)6-7(2)3/h8-10H,2,5-6H2,1,3-4H3. The summed E-state index contributed by atoms with van der Waals surface area (Å²) in [5.74, 6) is 0.400. The summed E-state index contributed by atoms with van der Waals surface area (Å²) in [5, 5.41) is 9.22. The third kappa shape index (κ3) is 3.67. The van der Waals surface area contributed by atoms with Gasteiger partial charge in [0.15, 0.2) is 0 Å². The molecular weight excluding hydrogens is 124 g/mol. The van der Waals surface area contributed by atoms with E-state index in [0.717, 1.165) is 18.4 Å². The maximum atomic E-state index is 9.22. The lowest BCUT2D eigenvalue weighted by Gasteiger charge is -2.17. The highest BCUT2D eigenvalue weighted by molar-refractivity contribution is 4.91. The Morgan fingerprint density at radius 2 is 2.10 bits per heavy atom. The molecule has 0 amide bonds. The van der Waals surface area contributed by atoms with Crippen molar-refractivity contribution in [2.45, 2.75) is 39.7 Å². The largest absolute Gasteiger partial charge is 0.393 e. The van der Waals surface area contributed by atoms with Gasteiger partial charge in [0.1, 0.15) is 0 Å². The minimum atomic E-state index is -0.193. The Labute approximate surface area is 63.8 Å². The smallest absolute Gasteiger partial charge is 0.0543 e. The summed E-state index contributed by atoms with van der Waals surface area (Å²) < 4.78 is 0. The molecule has 0 spiro atoms. The SMILES string of the molecule is C=C(C)CC(CC)C(C)O. The van der Waals surface area contributed by atoms with Crippen LogP contribution in [-0.4, -0.2) is 11.2 Å². The normalized spacial score (nSPS) is 16.4. The minimum Gasteiger partial charge on any atom is -0.393 e. The van der Waals surface area contributed by atoms with Gasteiger partial charge in [-0.2, -0.15) is 0 Å². The molecule has 1 N–H and O–H groups in total. The highest BCUT2D eigenvalue weighted by Crippen LogP contribution is 2.17. The van der Waals surface area contributed by atoms with Crippen LogP contribution in [0.25, 0.3) is 0 Å². The fraction of sp³-hybridized carbons (Fsp3) is 0.778. The van der Waals surface area contributed by atoms with Gasteiger partial charge in [0.2, 0.25) is 0 Å². The monoisotopic (exact) mass is 142 g/mol. The molecule has 0 aliphatic rings. The number of rotatable bonds is 4. The second kappa shape index (κ2) is 4.51. The molecule has 0 saturated carbocycles. The summed E-state index contributed by atoms with van der Waals surface area (Å²) in [4.78, 5) is 0. The number of hydrogen-bond donors (Lipinski definition) is 1. The van der Waals surface area contributed by atoms with Gasteiger partial charge in [0.25, 0.3) is 0 Å². The molecule has 0 aromatic carbocycles. The zero-order valence-electron chi connectivity index (χ0n) is 7.22. The van der Waals surface area contributed by atoms with Crippen molar-refractivity contribution in [3.63, 3.8) is 0 Å². The van der Waals surface area contributed by atoms with Crippen molar-refractivity contribution in [1.82, 2.24) is 0 Å². The Balaban J connectivity index is 3.71. The predicted octanol–water partition coefficient (Wildman–Crippen LogP) is 2.36. The van der Waals surface area contributed by atoms with Gasteiger partial charge in [0.05, 0.1) is 6.10 Å². The lowest BCUT2D eigenvalue weighted by molar-refractivity contribution is 0.123. The second-order valence-electron chi connectivity index (χ2n) is 3.07. The van der Waals surface area contributed by atoms with Crippen LogP contribution < -0.4 is 0 Å². The average Bonchev–Trinajstić information content (AvgIpc) is 1.81. The number of allylic oxidation sites excluding steroid dienone is 1. The molecule has 0 aromatic rings. The van der Waals surface area contributed by atoms with Gasteiger partial charge < -0.3 is 5.11 Å². The number of aliphatic hydroxyl groups excluding tert-OH is 1. The van der Waals surface area contributed by atoms with Crippen molar-refractivity contribution in [2.75, 3.05) is 0 Å². The second-order valence-corrected chi connectivity index (χ2v) is 3.07. The maximum Gasteiger partial charge on any atom is 0.0543 e. The Morgan fingerprint density at radius 3 is 2.20 bits per heavy atom. The van der Waals surface area contributed by atoms with Crippen molar-refractivity contribution in [3.8, 4) is 0 Å². The third-order valence-electron chi connectivity index (χ3n) is 1.82. The number of hydrogen-bond acceptors (Lipinski definition) is 1. The van der Waals surface area contributed by atoms with Crippen LogP contribution in [0, 0.1) is 5.92 Å². The highest BCUT2D eigenvalue weighted by atomic mass is 16.3. The molecule has 2 atom stereocenters. The molecule has 10 heavy (non-hydrogen) atoms. The van der Waals surface area contributed by atoms with E-state index < -0.39 is 0 Å². The van der Waals surface area contributed by atoms with Crippen LogP contribution in [0.4, 0.5) is 0 Å². The molecule has 0 aliphatic carbocycles. The third-order valence-corrected chi connectivity index (χ3v) is 1.82. The molecule has 0 fully saturated rings. The first kappa shape index (κ1) is 9.70. The van der Waals surface area contributed by atoms with Crippen molar-refractivity contribution in [2.24, 2.45) is 5.92 Å². The van der Waals surface area contributed by atoms with Gasteiger partial charge in [-0.1, -0.05) is 18.9 Å². The quantitative estimate of drug-likeness (QED) is 0.597.